The van der Waals surface area contributed by atoms with E-state index in [2.05, 4.69) is 0 Å². The van der Waals surface area contributed by atoms with Crippen LogP contribution >= 0.6 is 0 Å². The summed E-state index contributed by atoms with van der Waals surface area (Å²) in [6.45, 7) is 11.6. The zero-order chi connectivity index (χ0) is 25.6. The first-order valence-electron chi connectivity index (χ1n) is 12.0. The average molecular weight is 502 g/mol. The van der Waals surface area contributed by atoms with Gasteiger partial charge in [-0.3, -0.25) is 4.79 Å². The summed E-state index contributed by atoms with van der Waals surface area (Å²) in [4.78, 5) is 11.5. The molecule has 0 radical (unpaired) electrons. The minimum absolute atomic E-state index is 0.237. The number of carbonyl (C=O) groups excluding carboxylic acids is 1. The highest BCUT2D eigenvalue weighted by Crippen LogP contribution is 2.12. The standard InChI is InChI=1S/C25H43NO9/c1-25(2,3)35-24(27)8-9-28-10-11-29-12-13-30-14-15-31-16-17-32-18-19-33-20-21-34-23-6-4-22(26)5-7-23/h4-7H,8-21,26H2,1-3H3. The van der Waals surface area contributed by atoms with Crippen molar-refractivity contribution >= 4 is 11.7 Å². The molecule has 10 heteroatoms. The summed E-state index contributed by atoms with van der Waals surface area (Å²) < 4.78 is 43.2. The summed E-state index contributed by atoms with van der Waals surface area (Å²) in [7, 11) is 0. The summed E-state index contributed by atoms with van der Waals surface area (Å²) >= 11 is 0. The fourth-order valence-electron chi connectivity index (χ4n) is 2.53. The van der Waals surface area contributed by atoms with Gasteiger partial charge < -0.3 is 43.6 Å². The lowest BCUT2D eigenvalue weighted by Gasteiger charge is -2.19. The highest BCUT2D eigenvalue weighted by molar-refractivity contribution is 5.69. The highest BCUT2D eigenvalue weighted by Gasteiger charge is 2.15. The van der Waals surface area contributed by atoms with E-state index in [1.807, 2.05) is 32.9 Å². The smallest absolute Gasteiger partial charge is 0.308 e. The number of nitrogens with two attached hydrogens (primary N) is 1. The van der Waals surface area contributed by atoms with Gasteiger partial charge in [0.1, 0.15) is 18.0 Å². The quantitative estimate of drug-likeness (QED) is 0.144. The Hall–Kier alpha value is -1.95. The number of esters is 1. The SMILES string of the molecule is CC(C)(C)OC(=O)CCOCCOCCOCCOCCOCCOCCOc1ccc(N)cc1. The molecule has 35 heavy (non-hydrogen) atoms. The summed E-state index contributed by atoms with van der Waals surface area (Å²) in [5, 5.41) is 0. The number of nitrogen functional groups attached to an aromatic ring is 1. The Bertz CT molecular complexity index is 635. The molecule has 1 rings (SSSR count). The van der Waals surface area contributed by atoms with E-state index < -0.39 is 5.60 Å². The molecule has 202 valence electrons. The Morgan fingerprint density at radius 1 is 0.629 bits per heavy atom. The van der Waals surface area contributed by atoms with E-state index in [-0.39, 0.29) is 12.4 Å². The predicted octanol–water partition coefficient (Wildman–Crippen LogP) is 2.48. The molecular weight excluding hydrogens is 458 g/mol. The molecule has 0 aliphatic rings. The zero-order valence-corrected chi connectivity index (χ0v) is 21.5. The van der Waals surface area contributed by atoms with E-state index in [4.69, 9.17) is 43.6 Å². The third-order valence-electron chi connectivity index (χ3n) is 4.11. The molecule has 0 spiro atoms. The Balaban J connectivity index is 1.71. The maximum absolute atomic E-state index is 11.5. The van der Waals surface area contributed by atoms with Crippen LogP contribution in [0.4, 0.5) is 5.69 Å². The average Bonchev–Trinajstić information content (AvgIpc) is 2.80. The van der Waals surface area contributed by atoms with Crippen LogP contribution in [0.25, 0.3) is 0 Å². The van der Waals surface area contributed by atoms with Crippen molar-refractivity contribution in [3.8, 4) is 5.75 Å². The second-order valence-corrected chi connectivity index (χ2v) is 8.43. The number of hydrogen-bond donors (Lipinski definition) is 1. The topological polar surface area (TPSA) is 117 Å². The largest absolute Gasteiger partial charge is 0.491 e. The van der Waals surface area contributed by atoms with Gasteiger partial charge in [-0.05, 0) is 45.0 Å². The van der Waals surface area contributed by atoms with E-state index >= 15 is 0 Å². The molecule has 0 atom stereocenters. The Morgan fingerprint density at radius 3 is 1.40 bits per heavy atom. The molecule has 10 nitrogen and oxygen atoms in total. The molecule has 0 bridgehead atoms. The predicted molar refractivity (Wildman–Crippen MR) is 132 cm³/mol. The molecule has 0 unspecified atom stereocenters. The second kappa shape index (κ2) is 20.3. The molecule has 1 aromatic rings. The van der Waals surface area contributed by atoms with Gasteiger partial charge in [0.15, 0.2) is 0 Å². The van der Waals surface area contributed by atoms with Gasteiger partial charge in [0, 0.05) is 5.69 Å². The Morgan fingerprint density at radius 2 is 1.00 bits per heavy atom. The van der Waals surface area contributed by atoms with Gasteiger partial charge in [-0.15, -0.1) is 0 Å². The van der Waals surface area contributed by atoms with E-state index in [1.54, 1.807) is 12.1 Å². The minimum Gasteiger partial charge on any atom is -0.491 e. The monoisotopic (exact) mass is 501 g/mol. The summed E-state index contributed by atoms with van der Waals surface area (Å²) in [6.07, 6.45) is 0.237. The van der Waals surface area contributed by atoms with Crippen LogP contribution in [0.2, 0.25) is 0 Å². The molecule has 0 saturated heterocycles. The number of anilines is 1. The van der Waals surface area contributed by atoms with Gasteiger partial charge in [-0.1, -0.05) is 0 Å². The first kappa shape index (κ1) is 31.1. The van der Waals surface area contributed by atoms with Gasteiger partial charge in [0.05, 0.1) is 85.7 Å². The molecule has 2 N–H and O–H groups in total. The Kier molecular flexibility index (Phi) is 18.0. The van der Waals surface area contributed by atoms with Crippen LogP contribution in [0, 0.1) is 0 Å². The van der Waals surface area contributed by atoms with Gasteiger partial charge in [0.2, 0.25) is 0 Å². The molecule has 0 aromatic heterocycles. The number of hydrogen-bond acceptors (Lipinski definition) is 10. The van der Waals surface area contributed by atoms with Crippen molar-refractivity contribution in [1.29, 1.82) is 0 Å². The lowest BCUT2D eigenvalue weighted by Crippen LogP contribution is -2.24. The zero-order valence-electron chi connectivity index (χ0n) is 21.5. The van der Waals surface area contributed by atoms with Crippen molar-refractivity contribution in [2.45, 2.75) is 32.8 Å². The van der Waals surface area contributed by atoms with Gasteiger partial charge in [0.25, 0.3) is 0 Å². The molecule has 0 heterocycles. The van der Waals surface area contributed by atoms with Gasteiger partial charge in [-0.2, -0.15) is 0 Å². The van der Waals surface area contributed by atoms with Crippen LogP contribution in [0.3, 0.4) is 0 Å². The van der Waals surface area contributed by atoms with Gasteiger partial charge in [-0.25, -0.2) is 0 Å². The molecule has 0 amide bonds. The first-order valence-corrected chi connectivity index (χ1v) is 12.0. The second-order valence-electron chi connectivity index (χ2n) is 8.43. The molecule has 0 aliphatic carbocycles. The molecule has 0 aliphatic heterocycles. The van der Waals surface area contributed by atoms with Crippen LogP contribution < -0.4 is 10.5 Å². The van der Waals surface area contributed by atoms with Crippen molar-refractivity contribution in [3.05, 3.63) is 24.3 Å². The highest BCUT2D eigenvalue weighted by atomic mass is 16.6. The van der Waals surface area contributed by atoms with E-state index in [0.717, 1.165) is 5.75 Å². The lowest BCUT2D eigenvalue weighted by molar-refractivity contribution is -0.156. The van der Waals surface area contributed by atoms with Crippen molar-refractivity contribution in [2.75, 3.05) is 91.6 Å². The summed E-state index contributed by atoms with van der Waals surface area (Å²) in [6, 6.07) is 7.25. The third kappa shape index (κ3) is 21.1. The van der Waals surface area contributed by atoms with E-state index in [0.29, 0.717) is 91.6 Å². The van der Waals surface area contributed by atoms with Crippen molar-refractivity contribution in [1.82, 2.24) is 0 Å². The fraction of sp³-hybridized carbons (Fsp3) is 0.720. The van der Waals surface area contributed by atoms with Crippen LogP contribution in [0.15, 0.2) is 24.3 Å². The maximum atomic E-state index is 11.5. The van der Waals surface area contributed by atoms with Gasteiger partial charge >= 0.3 is 5.97 Å². The number of benzene rings is 1. The van der Waals surface area contributed by atoms with Crippen LogP contribution in [-0.2, 0) is 38.0 Å². The van der Waals surface area contributed by atoms with E-state index in [9.17, 15) is 4.79 Å². The summed E-state index contributed by atoms with van der Waals surface area (Å²) in [5.74, 6) is 0.508. The summed E-state index contributed by atoms with van der Waals surface area (Å²) in [5.41, 5.74) is 5.86. The van der Waals surface area contributed by atoms with Crippen LogP contribution in [0.5, 0.6) is 5.75 Å². The van der Waals surface area contributed by atoms with Crippen LogP contribution in [0.1, 0.15) is 27.2 Å². The molecule has 0 saturated carbocycles. The maximum Gasteiger partial charge on any atom is 0.308 e. The van der Waals surface area contributed by atoms with Crippen molar-refractivity contribution in [3.63, 3.8) is 0 Å². The normalized spacial score (nSPS) is 11.5. The van der Waals surface area contributed by atoms with Crippen molar-refractivity contribution in [2.24, 2.45) is 0 Å². The van der Waals surface area contributed by atoms with Crippen molar-refractivity contribution < 1.29 is 42.7 Å². The minimum atomic E-state index is -0.467. The molecular formula is C25H43NO9. The third-order valence-corrected chi connectivity index (χ3v) is 4.11. The Labute approximate surface area is 209 Å². The molecule has 0 fully saturated rings. The number of ether oxygens (including phenoxy) is 8. The lowest BCUT2D eigenvalue weighted by atomic mass is 10.2. The fourth-order valence-corrected chi connectivity index (χ4v) is 2.53. The number of carbonyl (C=O) groups is 1. The van der Waals surface area contributed by atoms with E-state index in [1.165, 1.54) is 0 Å². The number of rotatable bonds is 22. The van der Waals surface area contributed by atoms with Crippen LogP contribution in [-0.4, -0.2) is 97.5 Å². The first-order chi connectivity index (χ1) is 16.9. The molecule has 1 aromatic carbocycles.